The third-order valence-corrected chi connectivity index (χ3v) is 4.05. The van der Waals surface area contributed by atoms with Crippen LogP contribution in [0, 0.1) is 5.92 Å². The molecule has 2 amide bonds. The molecule has 1 unspecified atom stereocenters. The van der Waals surface area contributed by atoms with Crippen LogP contribution < -0.4 is 10.1 Å². The first-order chi connectivity index (χ1) is 13.3. The number of hydrogen-bond donors (Lipinski definition) is 1. The van der Waals surface area contributed by atoms with Gasteiger partial charge in [-0.2, -0.15) is 13.2 Å². The molecule has 10 heteroatoms. The van der Waals surface area contributed by atoms with Gasteiger partial charge in [0.2, 0.25) is 17.7 Å². The number of halogens is 3. The number of amides is 2. The second-order valence-corrected chi connectivity index (χ2v) is 6.27. The van der Waals surface area contributed by atoms with Crippen molar-refractivity contribution in [1.29, 1.82) is 0 Å². The van der Waals surface area contributed by atoms with E-state index >= 15 is 0 Å². The van der Waals surface area contributed by atoms with Crippen molar-refractivity contribution in [2.24, 2.45) is 5.92 Å². The number of alkyl halides is 3. The number of carbonyl (C=O) groups excluding carboxylic acids is 2. The molecule has 148 valence electrons. The minimum absolute atomic E-state index is 0.0822. The maximum Gasteiger partial charge on any atom is 0.422 e. The van der Waals surface area contributed by atoms with E-state index in [2.05, 4.69) is 20.0 Å². The van der Waals surface area contributed by atoms with Crippen LogP contribution in [0.1, 0.15) is 12.1 Å². The quantitative estimate of drug-likeness (QED) is 0.814. The van der Waals surface area contributed by atoms with Crippen molar-refractivity contribution in [3.05, 3.63) is 48.4 Å². The molecule has 0 aliphatic carbocycles. The molecular formula is C18H17F3N4O3. The molecule has 28 heavy (non-hydrogen) atoms. The van der Waals surface area contributed by atoms with E-state index in [0.717, 1.165) is 5.69 Å². The fourth-order valence-electron chi connectivity index (χ4n) is 2.73. The highest BCUT2D eigenvalue weighted by Crippen LogP contribution is 2.22. The third-order valence-electron chi connectivity index (χ3n) is 4.05. The van der Waals surface area contributed by atoms with Crippen LogP contribution in [0.15, 0.2) is 42.7 Å². The molecule has 3 rings (SSSR count). The Labute approximate surface area is 158 Å². The predicted octanol–water partition coefficient (Wildman–Crippen LogP) is 2.40. The molecule has 0 saturated carbocycles. The molecule has 0 radical (unpaired) electrons. The molecule has 0 aromatic carbocycles. The molecule has 1 aliphatic heterocycles. The van der Waals surface area contributed by atoms with Crippen molar-refractivity contribution in [2.75, 3.05) is 18.5 Å². The fraction of sp³-hybridized carbons (Fsp3) is 0.333. The van der Waals surface area contributed by atoms with Gasteiger partial charge in [-0.15, -0.1) is 0 Å². The predicted molar refractivity (Wildman–Crippen MR) is 92.2 cm³/mol. The van der Waals surface area contributed by atoms with Crippen LogP contribution in [-0.4, -0.2) is 46.0 Å². The number of ether oxygens (including phenoxy) is 1. The number of aromatic nitrogens is 2. The Morgan fingerprint density at radius 1 is 1.25 bits per heavy atom. The molecular weight excluding hydrogens is 377 g/mol. The van der Waals surface area contributed by atoms with E-state index in [-0.39, 0.29) is 30.7 Å². The van der Waals surface area contributed by atoms with Crippen molar-refractivity contribution in [2.45, 2.75) is 19.1 Å². The largest absolute Gasteiger partial charge is 0.468 e. The second kappa shape index (κ2) is 8.24. The lowest BCUT2D eigenvalue weighted by molar-refractivity contribution is -0.154. The number of carbonyl (C=O) groups is 2. The van der Waals surface area contributed by atoms with Crippen molar-refractivity contribution in [3.63, 3.8) is 0 Å². The highest BCUT2D eigenvalue weighted by molar-refractivity contribution is 5.97. The van der Waals surface area contributed by atoms with Gasteiger partial charge in [-0.1, -0.05) is 6.07 Å². The van der Waals surface area contributed by atoms with E-state index in [1.807, 2.05) is 6.07 Å². The van der Waals surface area contributed by atoms with E-state index in [9.17, 15) is 22.8 Å². The second-order valence-electron chi connectivity index (χ2n) is 6.27. The van der Waals surface area contributed by atoms with Gasteiger partial charge in [0.1, 0.15) is 0 Å². The highest BCUT2D eigenvalue weighted by atomic mass is 19.4. The van der Waals surface area contributed by atoms with Crippen molar-refractivity contribution in [1.82, 2.24) is 14.9 Å². The third kappa shape index (κ3) is 5.41. The van der Waals surface area contributed by atoms with Gasteiger partial charge in [0.25, 0.3) is 0 Å². The maximum absolute atomic E-state index is 12.4. The SMILES string of the molecule is O=C(Nc1ccc(OCC(F)(F)F)nc1)C1CC(=O)N(Cc2ccccn2)C1. The zero-order chi connectivity index (χ0) is 20.1. The summed E-state index contributed by atoms with van der Waals surface area (Å²) in [6.07, 6.45) is -1.54. The molecule has 2 aromatic rings. The number of nitrogens with one attached hydrogen (secondary N) is 1. The van der Waals surface area contributed by atoms with Gasteiger partial charge in [-0.3, -0.25) is 14.6 Å². The Hall–Kier alpha value is -3.17. The summed E-state index contributed by atoms with van der Waals surface area (Å²) in [4.78, 5) is 34.0. The lowest BCUT2D eigenvalue weighted by atomic mass is 10.1. The zero-order valence-electron chi connectivity index (χ0n) is 14.6. The van der Waals surface area contributed by atoms with E-state index in [4.69, 9.17) is 0 Å². The molecule has 1 atom stereocenters. The zero-order valence-corrected chi connectivity index (χ0v) is 14.6. The standard InChI is InChI=1S/C18H17F3N4O3/c19-18(20,21)11-28-15-5-4-13(8-23-15)24-17(27)12-7-16(26)25(9-12)10-14-3-1-2-6-22-14/h1-6,8,12H,7,9-11H2,(H,24,27). The first-order valence-corrected chi connectivity index (χ1v) is 8.44. The van der Waals surface area contributed by atoms with Crippen LogP contribution in [0.2, 0.25) is 0 Å². The van der Waals surface area contributed by atoms with Gasteiger partial charge in [-0.05, 0) is 18.2 Å². The van der Waals surface area contributed by atoms with E-state index in [1.54, 1.807) is 23.2 Å². The Bertz CT molecular complexity index is 828. The van der Waals surface area contributed by atoms with Crippen LogP contribution >= 0.6 is 0 Å². The van der Waals surface area contributed by atoms with Crippen molar-refractivity contribution in [3.8, 4) is 5.88 Å². The summed E-state index contributed by atoms with van der Waals surface area (Å²) < 4.78 is 40.9. The molecule has 2 aromatic heterocycles. The molecule has 0 spiro atoms. The van der Waals surface area contributed by atoms with E-state index in [0.29, 0.717) is 12.2 Å². The van der Waals surface area contributed by atoms with Crippen LogP contribution in [0.25, 0.3) is 0 Å². The van der Waals surface area contributed by atoms with Crippen LogP contribution in [0.5, 0.6) is 5.88 Å². The fourth-order valence-corrected chi connectivity index (χ4v) is 2.73. The number of hydrogen-bond acceptors (Lipinski definition) is 5. The van der Waals surface area contributed by atoms with Gasteiger partial charge in [0, 0.05) is 25.2 Å². The van der Waals surface area contributed by atoms with Gasteiger partial charge >= 0.3 is 6.18 Å². The Morgan fingerprint density at radius 3 is 2.71 bits per heavy atom. The Kier molecular flexibility index (Phi) is 5.76. The average molecular weight is 394 g/mol. The summed E-state index contributed by atoms with van der Waals surface area (Å²) in [5.41, 5.74) is 1.04. The summed E-state index contributed by atoms with van der Waals surface area (Å²) in [6.45, 7) is -0.848. The minimum Gasteiger partial charge on any atom is -0.468 e. The summed E-state index contributed by atoms with van der Waals surface area (Å²) in [6, 6.07) is 8.02. The Morgan fingerprint density at radius 2 is 2.07 bits per heavy atom. The molecule has 1 saturated heterocycles. The molecule has 3 heterocycles. The van der Waals surface area contributed by atoms with Crippen molar-refractivity contribution < 1.29 is 27.5 Å². The van der Waals surface area contributed by atoms with E-state index in [1.165, 1.54) is 18.3 Å². The monoisotopic (exact) mass is 394 g/mol. The van der Waals surface area contributed by atoms with Crippen LogP contribution in [0.4, 0.5) is 18.9 Å². The topological polar surface area (TPSA) is 84.4 Å². The first-order valence-electron chi connectivity index (χ1n) is 8.44. The van der Waals surface area contributed by atoms with Crippen LogP contribution in [-0.2, 0) is 16.1 Å². The molecule has 1 aliphatic rings. The number of pyridine rings is 2. The van der Waals surface area contributed by atoms with Crippen molar-refractivity contribution >= 4 is 17.5 Å². The lowest BCUT2D eigenvalue weighted by Crippen LogP contribution is -2.28. The molecule has 7 nitrogen and oxygen atoms in total. The molecule has 1 fully saturated rings. The summed E-state index contributed by atoms with van der Waals surface area (Å²) in [7, 11) is 0. The summed E-state index contributed by atoms with van der Waals surface area (Å²) in [5.74, 6) is -1.23. The van der Waals surface area contributed by atoms with Gasteiger partial charge in [0.05, 0.1) is 30.0 Å². The number of rotatable bonds is 6. The summed E-state index contributed by atoms with van der Waals surface area (Å²) in [5, 5.41) is 2.61. The summed E-state index contributed by atoms with van der Waals surface area (Å²) >= 11 is 0. The van der Waals surface area contributed by atoms with Gasteiger partial charge < -0.3 is 15.0 Å². The van der Waals surface area contributed by atoms with Crippen LogP contribution in [0.3, 0.4) is 0 Å². The lowest BCUT2D eigenvalue weighted by Gasteiger charge is -2.16. The number of anilines is 1. The van der Waals surface area contributed by atoms with Gasteiger partial charge in [0.15, 0.2) is 6.61 Å². The normalized spacial score (nSPS) is 16.9. The minimum atomic E-state index is -4.45. The maximum atomic E-state index is 12.4. The highest BCUT2D eigenvalue weighted by Gasteiger charge is 2.34. The van der Waals surface area contributed by atoms with Gasteiger partial charge in [-0.25, -0.2) is 4.98 Å². The smallest absolute Gasteiger partial charge is 0.422 e. The number of likely N-dealkylation sites (tertiary alicyclic amines) is 1. The number of nitrogens with zero attached hydrogens (tertiary/aromatic N) is 3. The van der Waals surface area contributed by atoms with E-state index < -0.39 is 18.7 Å². The average Bonchev–Trinajstić information content (AvgIpc) is 3.02. The molecule has 0 bridgehead atoms. The molecule has 1 N–H and O–H groups in total. The first kappa shape index (κ1) is 19.6. The Balaban J connectivity index is 1.53.